The van der Waals surface area contributed by atoms with Gasteiger partial charge in [-0.25, -0.2) is 0 Å². The maximum Gasteiger partial charge on any atom is 0.471 e. The molecule has 1 aromatic carbocycles. The predicted molar refractivity (Wildman–Crippen MR) is 55.5 cm³/mol. The molecule has 0 aromatic heterocycles. The van der Waals surface area contributed by atoms with E-state index in [9.17, 15) is 18.0 Å². The van der Waals surface area contributed by atoms with Crippen molar-refractivity contribution in [1.82, 2.24) is 0 Å². The van der Waals surface area contributed by atoms with Crippen molar-refractivity contribution >= 4 is 23.2 Å². The van der Waals surface area contributed by atoms with E-state index in [1.165, 1.54) is 12.1 Å². The molecule has 88 valence electrons. The van der Waals surface area contributed by atoms with Crippen molar-refractivity contribution in [2.24, 2.45) is 0 Å². The average Bonchev–Trinajstić information content (AvgIpc) is 2.16. The van der Waals surface area contributed by atoms with Crippen LogP contribution < -0.4 is 5.32 Å². The molecule has 1 aromatic rings. The zero-order valence-corrected chi connectivity index (χ0v) is 9.12. The number of carbonyl (C=O) groups excluding carboxylic acids is 1. The number of amides is 1. The molecule has 0 saturated heterocycles. The van der Waals surface area contributed by atoms with E-state index in [1.54, 1.807) is 11.4 Å². The van der Waals surface area contributed by atoms with Crippen molar-refractivity contribution in [2.75, 3.05) is 5.32 Å². The number of carbonyl (C=O) groups is 1. The fourth-order valence-corrected chi connectivity index (χ4v) is 1.43. The highest BCUT2D eigenvalue weighted by Gasteiger charge is 2.38. The fraction of sp³-hybridized carbons (Fsp3) is 0.300. The summed E-state index contributed by atoms with van der Waals surface area (Å²) < 4.78 is 35.8. The van der Waals surface area contributed by atoms with Gasteiger partial charge in [-0.3, -0.25) is 4.79 Å². The topological polar surface area (TPSA) is 29.1 Å². The molecule has 0 radical (unpaired) electrons. The standard InChI is InChI=1S/C10H9ClF3NO/c1-2-6-3-4-7(5-8(6)11)15-9(16)10(12,13)14/h3-5H,2H2,1H3,(H,15,16). The molecule has 0 aliphatic carbocycles. The van der Waals surface area contributed by atoms with Gasteiger partial charge in [0, 0.05) is 10.7 Å². The van der Waals surface area contributed by atoms with E-state index in [0.29, 0.717) is 11.4 Å². The van der Waals surface area contributed by atoms with Crippen LogP contribution in [0.1, 0.15) is 12.5 Å². The number of anilines is 1. The molecule has 0 aliphatic rings. The highest BCUT2D eigenvalue weighted by molar-refractivity contribution is 6.31. The zero-order valence-electron chi connectivity index (χ0n) is 8.36. The van der Waals surface area contributed by atoms with Gasteiger partial charge in [-0.05, 0) is 24.1 Å². The van der Waals surface area contributed by atoms with E-state index in [0.717, 1.165) is 5.56 Å². The van der Waals surface area contributed by atoms with E-state index in [1.807, 2.05) is 6.92 Å². The lowest BCUT2D eigenvalue weighted by Crippen LogP contribution is -2.29. The first-order valence-electron chi connectivity index (χ1n) is 4.51. The Morgan fingerprint density at radius 1 is 1.44 bits per heavy atom. The smallest absolute Gasteiger partial charge is 0.318 e. The Bertz CT molecular complexity index is 404. The number of alkyl halides is 3. The monoisotopic (exact) mass is 251 g/mol. The van der Waals surface area contributed by atoms with Gasteiger partial charge >= 0.3 is 12.1 Å². The van der Waals surface area contributed by atoms with Crippen molar-refractivity contribution in [3.63, 3.8) is 0 Å². The number of rotatable bonds is 2. The van der Waals surface area contributed by atoms with Crippen LogP contribution in [0, 0.1) is 0 Å². The van der Waals surface area contributed by atoms with Gasteiger partial charge in [0.2, 0.25) is 0 Å². The largest absolute Gasteiger partial charge is 0.471 e. The molecule has 0 heterocycles. The molecule has 0 spiro atoms. The first kappa shape index (κ1) is 12.8. The molecule has 1 rings (SSSR count). The summed E-state index contributed by atoms with van der Waals surface area (Å²) in [6.07, 6.45) is -4.22. The molecule has 1 N–H and O–H groups in total. The number of halogens is 4. The van der Waals surface area contributed by atoms with Crippen LogP contribution in [0.4, 0.5) is 18.9 Å². The lowest BCUT2D eigenvalue weighted by molar-refractivity contribution is -0.167. The van der Waals surface area contributed by atoms with E-state index < -0.39 is 12.1 Å². The maximum atomic E-state index is 11.9. The number of hydrogen-bond acceptors (Lipinski definition) is 1. The summed E-state index contributed by atoms with van der Waals surface area (Å²) in [5, 5.41) is 2.06. The first-order chi connectivity index (χ1) is 7.34. The molecule has 16 heavy (non-hydrogen) atoms. The van der Waals surface area contributed by atoms with Crippen molar-refractivity contribution in [1.29, 1.82) is 0 Å². The van der Waals surface area contributed by atoms with Crippen LogP contribution in [0.25, 0.3) is 0 Å². The van der Waals surface area contributed by atoms with Crippen molar-refractivity contribution in [2.45, 2.75) is 19.5 Å². The molecular formula is C10H9ClF3NO. The lowest BCUT2D eigenvalue weighted by atomic mass is 10.1. The number of benzene rings is 1. The Labute approximate surface area is 95.4 Å². The van der Waals surface area contributed by atoms with Gasteiger partial charge in [0.15, 0.2) is 0 Å². The Hall–Kier alpha value is -1.23. The van der Waals surface area contributed by atoms with Crippen LogP contribution >= 0.6 is 11.6 Å². The van der Waals surface area contributed by atoms with E-state index in [2.05, 4.69) is 0 Å². The Kier molecular flexibility index (Phi) is 3.80. The van der Waals surface area contributed by atoms with E-state index >= 15 is 0 Å². The van der Waals surface area contributed by atoms with Gasteiger partial charge in [0.25, 0.3) is 0 Å². The number of aryl methyl sites for hydroxylation is 1. The average molecular weight is 252 g/mol. The quantitative estimate of drug-likeness (QED) is 0.858. The van der Waals surface area contributed by atoms with Crippen LogP contribution in [-0.4, -0.2) is 12.1 Å². The number of hydrogen-bond donors (Lipinski definition) is 1. The summed E-state index contributed by atoms with van der Waals surface area (Å²) in [7, 11) is 0. The first-order valence-corrected chi connectivity index (χ1v) is 4.89. The summed E-state index contributed by atoms with van der Waals surface area (Å²) >= 11 is 5.79. The van der Waals surface area contributed by atoms with Gasteiger partial charge in [-0.1, -0.05) is 24.6 Å². The molecule has 1 amide bonds. The van der Waals surface area contributed by atoms with Crippen LogP contribution in [0.5, 0.6) is 0 Å². The van der Waals surface area contributed by atoms with E-state index in [4.69, 9.17) is 11.6 Å². The van der Waals surface area contributed by atoms with Crippen LogP contribution in [0.15, 0.2) is 18.2 Å². The van der Waals surface area contributed by atoms with Crippen molar-refractivity contribution < 1.29 is 18.0 Å². The summed E-state index contributed by atoms with van der Waals surface area (Å²) in [5.41, 5.74) is 0.844. The minimum absolute atomic E-state index is 0.0320. The number of nitrogens with one attached hydrogen (secondary N) is 1. The van der Waals surface area contributed by atoms with Gasteiger partial charge in [-0.2, -0.15) is 13.2 Å². The third-order valence-corrected chi connectivity index (χ3v) is 2.30. The molecule has 0 fully saturated rings. The van der Waals surface area contributed by atoms with Crippen LogP contribution in [0.2, 0.25) is 5.02 Å². The van der Waals surface area contributed by atoms with Crippen molar-refractivity contribution in [3.05, 3.63) is 28.8 Å². The highest BCUT2D eigenvalue weighted by Crippen LogP contribution is 2.23. The summed E-state index contributed by atoms with van der Waals surface area (Å²) in [5.74, 6) is -2.01. The SMILES string of the molecule is CCc1ccc(NC(=O)C(F)(F)F)cc1Cl. The minimum Gasteiger partial charge on any atom is -0.318 e. The Balaban J connectivity index is 2.84. The van der Waals surface area contributed by atoms with Crippen LogP contribution in [-0.2, 0) is 11.2 Å². The Morgan fingerprint density at radius 2 is 2.06 bits per heavy atom. The second-order valence-electron chi connectivity index (χ2n) is 3.11. The second-order valence-corrected chi connectivity index (χ2v) is 3.52. The van der Waals surface area contributed by atoms with Gasteiger partial charge < -0.3 is 5.32 Å². The van der Waals surface area contributed by atoms with E-state index in [-0.39, 0.29) is 5.69 Å². The Morgan fingerprint density at radius 3 is 2.50 bits per heavy atom. The summed E-state index contributed by atoms with van der Waals surface area (Å²) in [6, 6.07) is 4.26. The summed E-state index contributed by atoms with van der Waals surface area (Å²) in [6.45, 7) is 1.87. The van der Waals surface area contributed by atoms with Crippen LogP contribution in [0.3, 0.4) is 0 Å². The lowest BCUT2D eigenvalue weighted by Gasteiger charge is -2.09. The molecule has 6 heteroatoms. The zero-order chi connectivity index (χ0) is 12.3. The molecule has 0 saturated carbocycles. The van der Waals surface area contributed by atoms with Gasteiger partial charge in [-0.15, -0.1) is 0 Å². The van der Waals surface area contributed by atoms with Gasteiger partial charge in [0.1, 0.15) is 0 Å². The molecule has 2 nitrogen and oxygen atoms in total. The molecular weight excluding hydrogens is 243 g/mol. The minimum atomic E-state index is -4.89. The molecule has 0 aliphatic heterocycles. The maximum absolute atomic E-state index is 11.9. The highest BCUT2D eigenvalue weighted by atomic mass is 35.5. The van der Waals surface area contributed by atoms with Crippen molar-refractivity contribution in [3.8, 4) is 0 Å². The third-order valence-electron chi connectivity index (χ3n) is 1.95. The molecule has 0 unspecified atom stereocenters. The second kappa shape index (κ2) is 4.74. The molecule has 0 atom stereocenters. The predicted octanol–water partition coefficient (Wildman–Crippen LogP) is 3.40. The third kappa shape index (κ3) is 3.13. The normalized spacial score (nSPS) is 11.3. The fourth-order valence-electron chi connectivity index (χ4n) is 1.11. The summed E-state index contributed by atoms with van der Waals surface area (Å²) in [4.78, 5) is 10.6. The molecule has 0 bridgehead atoms. The van der Waals surface area contributed by atoms with Gasteiger partial charge in [0.05, 0.1) is 0 Å².